The maximum absolute atomic E-state index is 12.6. The summed E-state index contributed by atoms with van der Waals surface area (Å²) in [5.74, 6) is -0.757. The van der Waals surface area contributed by atoms with E-state index in [9.17, 15) is 19.5 Å². The molecule has 0 saturated carbocycles. The summed E-state index contributed by atoms with van der Waals surface area (Å²) in [5.41, 5.74) is 6.69. The lowest BCUT2D eigenvalue weighted by Gasteiger charge is -2.36. The van der Waals surface area contributed by atoms with Gasteiger partial charge in [0.15, 0.2) is 0 Å². The van der Waals surface area contributed by atoms with E-state index >= 15 is 0 Å². The second-order valence-corrected chi connectivity index (χ2v) is 7.19. The number of hydrogen-bond acceptors (Lipinski definition) is 6. The average molecular weight is 426 g/mol. The van der Waals surface area contributed by atoms with E-state index in [1.807, 2.05) is 24.3 Å². The number of amides is 3. The van der Waals surface area contributed by atoms with Gasteiger partial charge in [-0.05, 0) is 36.5 Å². The number of urea groups is 1. The quantitative estimate of drug-likeness (QED) is 0.374. The predicted molar refractivity (Wildman–Crippen MR) is 113 cm³/mol. The Labute approximate surface area is 180 Å². The van der Waals surface area contributed by atoms with Crippen LogP contribution in [-0.4, -0.2) is 51.0 Å². The fourth-order valence-corrected chi connectivity index (χ4v) is 3.54. The highest BCUT2D eigenvalue weighted by Gasteiger charge is 2.32. The normalized spacial score (nSPS) is 15.0. The van der Waals surface area contributed by atoms with Gasteiger partial charge in [-0.1, -0.05) is 24.3 Å². The first-order chi connectivity index (χ1) is 15.0. The van der Waals surface area contributed by atoms with E-state index in [0.717, 1.165) is 17.5 Å². The van der Waals surface area contributed by atoms with Crippen LogP contribution in [0.5, 0.6) is 0 Å². The van der Waals surface area contributed by atoms with Crippen molar-refractivity contribution in [2.45, 2.75) is 38.1 Å². The molecule has 1 unspecified atom stereocenters. The summed E-state index contributed by atoms with van der Waals surface area (Å²) < 4.78 is 0. The highest BCUT2D eigenvalue weighted by atomic mass is 16.4. The van der Waals surface area contributed by atoms with Gasteiger partial charge in [0.25, 0.3) is 0 Å². The first-order valence-electron chi connectivity index (χ1n) is 10.2. The van der Waals surface area contributed by atoms with Crippen molar-refractivity contribution in [2.75, 3.05) is 18.4 Å². The number of aliphatic carboxylic acids is 1. The monoisotopic (exact) mass is 426 g/mol. The summed E-state index contributed by atoms with van der Waals surface area (Å²) in [6.45, 7) is 1.01. The van der Waals surface area contributed by atoms with Crippen LogP contribution in [0, 0.1) is 0 Å². The number of nitrogens with one attached hydrogen (secondary N) is 3. The van der Waals surface area contributed by atoms with E-state index < -0.39 is 18.0 Å². The number of carbonyl (C=O) groups is 3. The smallest absolute Gasteiger partial charge is 0.336 e. The van der Waals surface area contributed by atoms with Gasteiger partial charge < -0.3 is 15.3 Å². The number of hydrogen-bond donors (Lipinski definition) is 4. The Hall–Kier alpha value is -3.69. The summed E-state index contributed by atoms with van der Waals surface area (Å²) in [7, 11) is 0. The number of carbonyl (C=O) groups excluding carboxylic acids is 2. The lowest BCUT2D eigenvalue weighted by molar-refractivity contribution is -0.138. The Kier molecular flexibility index (Phi) is 7.74. The Morgan fingerprint density at radius 2 is 1.84 bits per heavy atom. The van der Waals surface area contributed by atoms with Gasteiger partial charge in [0.05, 0.1) is 12.5 Å². The van der Waals surface area contributed by atoms with Crippen LogP contribution < -0.4 is 16.2 Å². The third kappa shape index (κ3) is 6.39. The van der Waals surface area contributed by atoms with Crippen molar-refractivity contribution in [1.29, 1.82) is 0 Å². The molecule has 1 aromatic heterocycles. The summed E-state index contributed by atoms with van der Waals surface area (Å²) in [6.07, 6.45) is 5.34. The highest BCUT2D eigenvalue weighted by Crippen LogP contribution is 2.32. The molecule has 1 aliphatic rings. The molecule has 0 fully saturated rings. The molecule has 0 spiro atoms. The molecule has 1 aromatic carbocycles. The topological polar surface area (TPSA) is 137 Å². The minimum atomic E-state index is -0.988. The van der Waals surface area contributed by atoms with Crippen molar-refractivity contribution in [3.63, 3.8) is 0 Å². The van der Waals surface area contributed by atoms with Gasteiger partial charge in [-0.3, -0.25) is 15.0 Å². The highest BCUT2D eigenvalue weighted by molar-refractivity contribution is 5.82. The van der Waals surface area contributed by atoms with Gasteiger partial charge in [0, 0.05) is 31.9 Å². The maximum Gasteiger partial charge on any atom is 0.336 e. The van der Waals surface area contributed by atoms with E-state index in [2.05, 4.69) is 26.1 Å². The molecule has 1 aliphatic heterocycles. The van der Waals surface area contributed by atoms with Crippen LogP contribution in [0.25, 0.3) is 0 Å². The lowest BCUT2D eigenvalue weighted by atomic mass is 9.91. The van der Waals surface area contributed by atoms with Crippen LogP contribution in [0.3, 0.4) is 0 Å². The third-order valence-electron chi connectivity index (χ3n) is 5.03. The van der Waals surface area contributed by atoms with Crippen molar-refractivity contribution in [3.05, 3.63) is 53.9 Å². The van der Waals surface area contributed by atoms with Crippen molar-refractivity contribution >= 4 is 23.9 Å². The van der Waals surface area contributed by atoms with Crippen LogP contribution in [0.4, 0.5) is 10.7 Å². The van der Waals surface area contributed by atoms with Gasteiger partial charge >= 0.3 is 12.0 Å². The zero-order valence-corrected chi connectivity index (χ0v) is 17.1. The molecule has 2 heterocycles. The minimum absolute atomic E-state index is 0.198. The number of nitrogens with zero attached hydrogens (tertiary/aromatic N) is 3. The second kappa shape index (κ2) is 10.9. The number of fused-ring (bicyclic) bond motifs is 1. The zero-order valence-electron chi connectivity index (χ0n) is 17.1. The molecule has 0 saturated heterocycles. The van der Waals surface area contributed by atoms with Crippen molar-refractivity contribution in [1.82, 2.24) is 25.7 Å². The first-order valence-corrected chi connectivity index (χ1v) is 10.2. The van der Waals surface area contributed by atoms with Crippen molar-refractivity contribution in [2.24, 2.45) is 0 Å². The molecule has 3 rings (SSSR count). The van der Waals surface area contributed by atoms with Crippen LogP contribution in [0.15, 0.2) is 42.7 Å². The summed E-state index contributed by atoms with van der Waals surface area (Å²) in [4.78, 5) is 45.6. The number of benzene rings is 1. The standard InChI is InChI=1S/C21H26N6O4/c28-18(8-3-4-10-22-20-23-11-5-12-24-20)25-26-21(31)27-13-9-15-6-1-2-7-16(15)17(27)14-19(29)30/h1-2,5-7,11-12,17H,3-4,8-10,13-14H2,(H,25,28)(H,26,31)(H,29,30)(H,22,23,24). The molecule has 10 heteroatoms. The number of anilines is 1. The second-order valence-electron chi connectivity index (χ2n) is 7.19. The van der Waals surface area contributed by atoms with Gasteiger partial charge in [-0.15, -0.1) is 0 Å². The van der Waals surface area contributed by atoms with Gasteiger partial charge in [-0.25, -0.2) is 20.2 Å². The molecule has 0 bridgehead atoms. The predicted octanol–water partition coefficient (Wildman–Crippen LogP) is 1.87. The minimum Gasteiger partial charge on any atom is -0.481 e. The summed E-state index contributed by atoms with van der Waals surface area (Å²) in [6, 6.07) is 8.15. The molecule has 3 amide bonds. The van der Waals surface area contributed by atoms with Gasteiger partial charge in [0.2, 0.25) is 11.9 Å². The average Bonchev–Trinajstić information content (AvgIpc) is 2.78. The van der Waals surface area contributed by atoms with Crippen molar-refractivity contribution < 1.29 is 19.5 Å². The van der Waals surface area contributed by atoms with E-state index in [0.29, 0.717) is 31.9 Å². The fraction of sp³-hybridized carbons (Fsp3) is 0.381. The molecule has 0 radical (unpaired) electrons. The molecular weight excluding hydrogens is 400 g/mol. The number of hydrazine groups is 1. The first kappa shape index (κ1) is 22.0. The van der Waals surface area contributed by atoms with Gasteiger partial charge in [0.1, 0.15) is 0 Å². The zero-order chi connectivity index (χ0) is 22.1. The summed E-state index contributed by atoms with van der Waals surface area (Å²) in [5, 5.41) is 12.3. The third-order valence-corrected chi connectivity index (χ3v) is 5.03. The molecular formula is C21H26N6O4. The Morgan fingerprint density at radius 1 is 1.06 bits per heavy atom. The fourth-order valence-electron chi connectivity index (χ4n) is 3.54. The molecule has 164 valence electrons. The Balaban J connectivity index is 1.42. The Bertz CT molecular complexity index is 908. The van der Waals surface area contributed by atoms with Crippen LogP contribution in [-0.2, 0) is 16.0 Å². The number of aromatic nitrogens is 2. The number of carboxylic acids is 1. The molecule has 10 nitrogen and oxygen atoms in total. The largest absolute Gasteiger partial charge is 0.481 e. The summed E-state index contributed by atoms with van der Waals surface area (Å²) >= 11 is 0. The molecule has 1 atom stereocenters. The molecule has 0 aliphatic carbocycles. The van der Waals surface area contributed by atoms with Crippen molar-refractivity contribution in [3.8, 4) is 0 Å². The van der Waals surface area contributed by atoms with E-state index in [1.54, 1.807) is 18.5 Å². The maximum atomic E-state index is 12.6. The SMILES string of the molecule is O=C(O)CC1c2ccccc2CCN1C(=O)NNC(=O)CCCCNc1ncccn1. The number of rotatable bonds is 8. The van der Waals surface area contributed by atoms with Crippen LogP contribution in [0.2, 0.25) is 0 Å². The van der Waals surface area contributed by atoms with E-state index in [1.165, 1.54) is 4.90 Å². The van der Waals surface area contributed by atoms with E-state index in [-0.39, 0.29) is 18.7 Å². The lowest BCUT2D eigenvalue weighted by Crippen LogP contribution is -2.52. The number of unbranched alkanes of at least 4 members (excludes halogenated alkanes) is 1. The molecule has 2 aromatic rings. The number of carboxylic acid groups (broad SMARTS) is 1. The van der Waals surface area contributed by atoms with E-state index in [4.69, 9.17) is 0 Å². The molecule has 4 N–H and O–H groups in total. The van der Waals surface area contributed by atoms with Crippen LogP contribution >= 0.6 is 0 Å². The molecule has 31 heavy (non-hydrogen) atoms. The Morgan fingerprint density at radius 3 is 2.61 bits per heavy atom. The van der Waals surface area contributed by atoms with Crippen LogP contribution in [0.1, 0.15) is 42.9 Å². The van der Waals surface area contributed by atoms with Gasteiger partial charge in [-0.2, -0.15) is 0 Å².